The summed E-state index contributed by atoms with van der Waals surface area (Å²) < 4.78 is 18.7. The van der Waals surface area contributed by atoms with Crippen LogP contribution in [0.3, 0.4) is 0 Å². The zero-order valence-electron chi connectivity index (χ0n) is 10.8. The third-order valence-electron chi connectivity index (χ3n) is 2.63. The van der Waals surface area contributed by atoms with E-state index in [4.69, 9.17) is 10.5 Å². The quantitative estimate of drug-likeness (QED) is 0.683. The van der Waals surface area contributed by atoms with Crippen molar-refractivity contribution in [1.29, 1.82) is 0 Å². The fourth-order valence-corrected chi connectivity index (χ4v) is 1.67. The van der Waals surface area contributed by atoms with E-state index in [1.54, 1.807) is 19.9 Å². The summed E-state index contributed by atoms with van der Waals surface area (Å²) in [4.78, 5) is 17.4. The number of rotatable bonds is 3. The molecule has 0 aliphatic rings. The predicted octanol–water partition coefficient (Wildman–Crippen LogP) is 2.52. The number of anilines is 1. The van der Waals surface area contributed by atoms with E-state index >= 15 is 0 Å². The molecule has 0 saturated carbocycles. The van der Waals surface area contributed by atoms with E-state index < -0.39 is 10.7 Å². The molecule has 2 aromatic rings. The van der Waals surface area contributed by atoms with Gasteiger partial charge in [0.25, 0.3) is 11.6 Å². The molecule has 0 unspecified atom stereocenters. The van der Waals surface area contributed by atoms with Crippen LogP contribution in [0.2, 0.25) is 0 Å². The summed E-state index contributed by atoms with van der Waals surface area (Å²) in [6, 6.07) is 2.80. The lowest BCUT2D eigenvalue weighted by molar-refractivity contribution is -0.385. The van der Waals surface area contributed by atoms with Gasteiger partial charge in [-0.05, 0) is 25.5 Å². The van der Waals surface area contributed by atoms with Crippen molar-refractivity contribution in [3.05, 3.63) is 45.4 Å². The average molecular weight is 278 g/mol. The van der Waals surface area contributed by atoms with Crippen molar-refractivity contribution in [2.75, 3.05) is 5.73 Å². The molecule has 2 N–H and O–H groups in total. The fourth-order valence-electron chi connectivity index (χ4n) is 1.67. The summed E-state index contributed by atoms with van der Waals surface area (Å²) in [5.74, 6) is -1.19. The van der Waals surface area contributed by atoms with Crippen molar-refractivity contribution in [2.45, 2.75) is 13.8 Å². The molecule has 2 rings (SSSR count). The zero-order chi connectivity index (χ0) is 14.9. The number of nitro benzene ring substituents is 1. The number of aryl methyl sites for hydroxylation is 2. The van der Waals surface area contributed by atoms with E-state index in [0.717, 1.165) is 6.20 Å². The Kier molecular flexibility index (Phi) is 3.47. The topological polar surface area (TPSA) is 104 Å². The monoisotopic (exact) mass is 278 g/mol. The number of nitrogen functional groups attached to an aromatic ring is 1. The molecule has 0 radical (unpaired) electrons. The van der Waals surface area contributed by atoms with Crippen LogP contribution in [-0.2, 0) is 0 Å². The van der Waals surface area contributed by atoms with E-state index in [0.29, 0.717) is 11.1 Å². The van der Waals surface area contributed by atoms with Crippen LogP contribution in [0.1, 0.15) is 11.1 Å². The van der Waals surface area contributed by atoms with Gasteiger partial charge in [-0.1, -0.05) is 0 Å². The van der Waals surface area contributed by atoms with E-state index in [-0.39, 0.29) is 23.3 Å². The number of hydrogen-bond acceptors (Lipinski definition) is 6. The van der Waals surface area contributed by atoms with Crippen molar-refractivity contribution in [3.63, 3.8) is 0 Å². The van der Waals surface area contributed by atoms with Gasteiger partial charge in [-0.25, -0.2) is 4.98 Å². The summed E-state index contributed by atoms with van der Waals surface area (Å²) in [5, 5.41) is 10.9. The van der Waals surface area contributed by atoms with Crippen LogP contribution in [-0.4, -0.2) is 14.9 Å². The van der Waals surface area contributed by atoms with Crippen LogP contribution >= 0.6 is 0 Å². The highest BCUT2D eigenvalue weighted by Gasteiger charge is 2.17. The number of benzene rings is 1. The first kappa shape index (κ1) is 13.7. The van der Waals surface area contributed by atoms with Crippen molar-refractivity contribution in [2.24, 2.45) is 0 Å². The number of halogens is 1. The summed E-state index contributed by atoms with van der Waals surface area (Å²) in [6.07, 6.45) is 0.871. The number of nitrogens with two attached hydrogens (primary N) is 1. The van der Waals surface area contributed by atoms with E-state index in [1.165, 1.54) is 6.07 Å². The Morgan fingerprint density at radius 2 is 2.05 bits per heavy atom. The maximum Gasteiger partial charge on any atom is 0.276 e. The van der Waals surface area contributed by atoms with Gasteiger partial charge in [-0.2, -0.15) is 9.37 Å². The van der Waals surface area contributed by atoms with Gasteiger partial charge >= 0.3 is 0 Å². The lowest BCUT2D eigenvalue weighted by Crippen LogP contribution is -2.01. The number of nitrogens with zero attached hydrogens (tertiary/aromatic N) is 3. The van der Waals surface area contributed by atoms with Crippen LogP contribution < -0.4 is 10.5 Å². The Morgan fingerprint density at radius 3 is 2.70 bits per heavy atom. The fraction of sp³-hybridized carbons (Fsp3) is 0.167. The van der Waals surface area contributed by atoms with Crippen molar-refractivity contribution in [1.82, 2.24) is 9.97 Å². The highest BCUT2D eigenvalue weighted by molar-refractivity contribution is 5.50. The summed E-state index contributed by atoms with van der Waals surface area (Å²) >= 11 is 0. The third-order valence-corrected chi connectivity index (χ3v) is 2.63. The molecule has 0 atom stereocenters. The van der Waals surface area contributed by atoms with Crippen LogP contribution in [0, 0.1) is 29.8 Å². The molecule has 1 heterocycles. The van der Waals surface area contributed by atoms with Crippen molar-refractivity contribution >= 4 is 11.6 Å². The lowest BCUT2D eigenvalue weighted by atomic mass is 10.1. The van der Waals surface area contributed by atoms with Crippen molar-refractivity contribution < 1.29 is 14.1 Å². The smallest absolute Gasteiger partial charge is 0.276 e. The first-order valence-electron chi connectivity index (χ1n) is 5.60. The minimum Gasteiger partial charge on any atom is -0.436 e. The second-order valence-electron chi connectivity index (χ2n) is 4.14. The standard InChI is InChI=1S/C12H11FN4O3/c1-6-3-7(2)10(4-9(6)17(18)19)20-11-8(13)5-15-12(14)16-11/h3-5H,1-2H3,(H2,14,15,16). The van der Waals surface area contributed by atoms with E-state index in [9.17, 15) is 14.5 Å². The molecule has 104 valence electrons. The Hall–Kier alpha value is -2.77. The summed E-state index contributed by atoms with van der Waals surface area (Å²) in [5.41, 5.74) is 6.33. The van der Waals surface area contributed by atoms with Gasteiger partial charge in [0.2, 0.25) is 11.8 Å². The normalized spacial score (nSPS) is 10.3. The minimum atomic E-state index is -0.804. The molecular weight excluding hydrogens is 267 g/mol. The number of hydrogen-bond donors (Lipinski definition) is 1. The SMILES string of the molecule is Cc1cc(C)c([N+](=O)[O-])cc1Oc1nc(N)ncc1F. The number of ether oxygens (including phenoxy) is 1. The number of nitro groups is 1. The predicted molar refractivity (Wildman–Crippen MR) is 69.0 cm³/mol. The number of aromatic nitrogens is 2. The van der Waals surface area contributed by atoms with Gasteiger partial charge in [-0.15, -0.1) is 0 Å². The molecule has 1 aromatic carbocycles. The van der Waals surface area contributed by atoms with Gasteiger partial charge < -0.3 is 10.5 Å². The highest BCUT2D eigenvalue weighted by atomic mass is 19.1. The van der Waals surface area contributed by atoms with Crippen LogP contribution in [0.4, 0.5) is 16.0 Å². The van der Waals surface area contributed by atoms with E-state index in [1.807, 2.05) is 0 Å². The molecule has 20 heavy (non-hydrogen) atoms. The third kappa shape index (κ3) is 2.63. The molecule has 7 nitrogen and oxygen atoms in total. The van der Waals surface area contributed by atoms with Crippen LogP contribution in [0.15, 0.2) is 18.3 Å². The maximum absolute atomic E-state index is 13.5. The molecule has 8 heteroatoms. The molecule has 0 spiro atoms. The second kappa shape index (κ2) is 5.08. The largest absolute Gasteiger partial charge is 0.436 e. The van der Waals surface area contributed by atoms with Crippen molar-refractivity contribution in [3.8, 4) is 11.6 Å². The lowest BCUT2D eigenvalue weighted by Gasteiger charge is -2.09. The summed E-state index contributed by atoms with van der Waals surface area (Å²) in [6.45, 7) is 3.30. The first-order chi connectivity index (χ1) is 9.38. The Morgan fingerprint density at radius 1 is 1.35 bits per heavy atom. The minimum absolute atomic E-state index is 0.118. The molecule has 1 aromatic heterocycles. The average Bonchev–Trinajstić information content (AvgIpc) is 2.36. The Bertz CT molecular complexity index is 691. The molecular formula is C12H11FN4O3. The van der Waals surface area contributed by atoms with Crippen LogP contribution in [0.25, 0.3) is 0 Å². The molecule has 0 amide bonds. The second-order valence-corrected chi connectivity index (χ2v) is 4.14. The molecule has 0 aliphatic heterocycles. The van der Waals surface area contributed by atoms with Crippen LogP contribution in [0.5, 0.6) is 11.6 Å². The maximum atomic E-state index is 13.5. The molecule has 0 aliphatic carbocycles. The van der Waals surface area contributed by atoms with Gasteiger partial charge in [0.15, 0.2) is 0 Å². The Labute approximate surface area is 113 Å². The van der Waals surface area contributed by atoms with Gasteiger partial charge in [0, 0.05) is 5.56 Å². The zero-order valence-corrected chi connectivity index (χ0v) is 10.8. The highest BCUT2D eigenvalue weighted by Crippen LogP contribution is 2.31. The first-order valence-corrected chi connectivity index (χ1v) is 5.60. The Balaban J connectivity index is 2.45. The molecule has 0 bridgehead atoms. The van der Waals surface area contributed by atoms with Gasteiger partial charge in [-0.3, -0.25) is 10.1 Å². The summed E-state index contributed by atoms with van der Waals surface area (Å²) in [7, 11) is 0. The molecule has 0 fully saturated rings. The molecule has 0 saturated heterocycles. The van der Waals surface area contributed by atoms with Gasteiger partial charge in [0.1, 0.15) is 5.75 Å². The van der Waals surface area contributed by atoms with E-state index in [2.05, 4.69) is 9.97 Å². The van der Waals surface area contributed by atoms with Gasteiger partial charge in [0.05, 0.1) is 17.2 Å².